The highest BCUT2D eigenvalue weighted by molar-refractivity contribution is 6.16. The van der Waals surface area contributed by atoms with Crippen molar-refractivity contribution in [3.63, 3.8) is 0 Å². The Kier molecular flexibility index (Phi) is 4.98. The molecule has 1 heterocycles. The number of nitrogens with zero attached hydrogens (tertiary/aromatic N) is 4. The van der Waals surface area contributed by atoms with Gasteiger partial charge in [0.15, 0.2) is 0 Å². The summed E-state index contributed by atoms with van der Waals surface area (Å²) >= 11 is 5.87. The lowest BCUT2D eigenvalue weighted by atomic mass is 10.1. The summed E-state index contributed by atoms with van der Waals surface area (Å²) in [5.74, 6) is 2.00. The van der Waals surface area contributed by atoms with E-state index in [1.54, 1.807) is 13.4 Å². The van der Waals surface area contributed by atoms with Gasteiger partial charge in [-0.15, -0.1) is 21.8 Å². The summed E-state index contributed by atoms with van der Waals surface area (Å²) in [5, 5.41) is 7.93. The van der Waals surface area contributed by atoms with Gasteiger partial charge in [0.1, 0.15) is 17.9 Å². The fraction of sp³-hybridized carbons (Fsp3) is 0.429. The maximum atomic E-state index is 5.87. The largest absolute Gasteiger partial charge is 0.497 e. The fourth-order valence-corrected chi connectivity index (χ4v) is 2.34. The number of hydrogen-bond acceptors (Lipinski definition) is 4. The normalized spacial score (nSPS) is 12.7. The first-order chi connectivity index (χ1) is 9.65. The van der Waals surface area contributed by atoms with Crippen LogP contribution in [0.5, 0.6) is 5.75 Å². The summed E-state index contributed by atoms with van der Waals surface area (Å²) < 4.78 is 7.28. The number of methoxy groups -OCH3 is 1. The molecule has 1 aromatic carbocycles. The van der Waals surface area contributed by atoms with Gasteiger partial charge < -0.3 is 14.2 Å². The second kappa shape index (κ2) is 6.72. The molecule has 108 valence electrons. The summed E-state index contributed by atoms with van der Waals surface area (Å²) in [6.45, 7) is 0.745. The Morgan fingerprint density at radius 1 is 1.40 bits per heavy atom. The second-order valence-electron chi connectivity index (χ2n) is 4.79. The number of ether oxygens (including phenoxy) is 1. The highest BCUT2D eigenvalue weighted by atomic mass is 35.5. The third-order valence-corrected chi connectivity index (χ3v) is 3.53. The number of halogens is 1. The molecule has 0 amide bonds. The molecule has 0 spiro atoms. The predicted molar refractivity (Wildman–Crippen MR) is 79.0 cm³/mol. The number of hydrogen-bond donors (Lipinski definition) is 0. The molecule has 2 rings (SSSR count). The van der Waals surface area contributed by atoms with E-state index in [2.05, 4.69) is 41.3 Å². The maximum Gasteiger partial charge on any atom is 0.147 e. The quantitative estimate of drug-likeness (QED) is 0.767. The van der Waals surface area contributed by atoms with Crippen molar-refractivity contribution in [2.45, 2.75) is 18.5 Å². The number of likely N-dealkylation sites (N-methyl/N-ethyl adjacent to an activating group) is 1. The van der Waals surface area contributed by atoms with Crippen molar-refractivity contribution in [2.75, 3.05) is 21.2 Å². The predicted octanol–water partition coefficient (Wildman–Crippen LogP) is 2.33. The van der Waals surface area contributed by atoms with Crippen LogP contribution in [0.25, 0.3) is 0 Å². The van der Waals surface area contributed by atoms with Crippen LogP contribution in [0.15, 0.2) is 30.6 Å². The van der Waals surface area contributed by atoms with Crippen LogP contribution >= 0.6 is 11.6 Å². The minimum atomic E-state index is 0.197. The first kappa shape index (κ1) is 14.8. The average molecular weight is 295 g/mol. The molecule has 0 saturated carbocycles. The van der Waals surface area contributed by atoms with Gasteiger partial charge in [0.05, 0.1) is 19.0 Å². The van der Waals surface area contributed by atoms with Gasteiger partial charge in [0.25, 0.3) is 0 Å². The number of alkyl halides is 1. The molecule has 1 aromatic heterocycles. The van der Waals surface area contributed by atoms with E-state index in [0.29, 0.717) is 5.88 Å². The lowest BCUT2D eigenvalue weighted by Crippen LogP contribution is -2.25. The minimum absolute atomic E-state index is 0.197. The third kappa shape index (κ3) is 3.29. The topological polar surface area (TPSA) is 43.2 Å². The van der Waals surface area contributed by atoms with E-state index in [-0.39, 0.29) is 6.04 Å². The molecule has 6 heteroatoms. The molecule has 0 radical (unpaired) electrons. The summed E-state index contributed by atoms with van der Waals surface area (Å²) in [6.07, 6.45) is 1.72. The molecule has 0 bridgehead atoms. The summed E-state index contributed by atoms with van der Waals surface area (Å²) in [4.78, 5) is 2.16. The van der Waals surface area contributed by atoms with Crippen molar-refractivity contribution in [3.05, 3.63) is 42.0 Å². The van der Waals surface area contributed by atoms with Crippen molar-refractivity contribution in [2.24, 2.45) is 0 Å². The number of benzene rings is 1. The van der Waals surface area contributed by atoms with Gasteiger partial charge in [-0.2, -0.15) is 0 Å². The summed E-state index contributed by atoms with van der Waals surface area (Å²) in [7, 11) is 5.78. The van der Waals surface area contributed by atoms with Crippen molar-refractivity contribution in [3.8, 4) is 5.75 Å². The highest BCUT2D eigenvalue weighted by Crippen LogP contribution is 2.24. The van der Waals surface area contributed by atoms with Crippen molar-refractivity contribution in [1.82, 2.24) is 19.7 Å². The Balaban J connectivity index is 2.27. The molecule has 0 fully saturated rings. The molecule has 0 N–H and O–H groups in total. The number of aromatic nitrogens is 3. The maximum absolute atomic E-state index is 5.87. The van der Waals surface area contributed by atoms with Gasteiger partial charge in [-0.3, -0.25) is 0 Å². The van der Waals surface area contributed by atoms with E-state index < -0.39 is 0 Å². The van der Waals surface area contributed by atoms with Crippen LogP contribution in [0.3, 0.4) is 0 Å². The zero-order chi connectivity index (χ0) is 14.5. The lowest BCUT2D eigenvalue weighted by Gasteiger charge is -2.25. The monoisotopic (exact) mass is 294 g/mol. The Bertz CT molecular complexity index is 556. The van der Waals surface area contributed by atoms with Gasteiger partial charge in [0, 0.05) is 6.54 Å². The SMILES string of the molecule is COc1cccc(C(Cn2cnnc2CCl)N(C)C)c1. The van der Waals surface area contributed by atoms with Gasteiger partial charge in [-0.05, 0) is 31.8 Å². The van der Waals surface area contributed by atoms with E-state index in [1.165, 1.54) is 5.56 Å². The Morgan fingerprint density at radius 3 is 2.85 bits per heavy atom. The zero-order valence-electron chi connectivity index (χ0n) is 12.0. The Hall–Kier alpha value is -1.59. The minimum Gasteiger partial charge on any atom is -0.497 e. The molecule has 0 aliphatic heterocycles. The van der Waals surface area contributed by atoms with E-state index >= 15 is 0 Å². The molecular formula is C14H19ClN4O. The van der Waals surface area contributed by atoms with Crippen LogP contribution in [-0.4, -0.2) is 40.9 Å². The van der Waals surface area contributed by atoms with Crippen LogP contribution in [0.4, 0.5) is 0 Å². The molecule has 1 atom stereocenters. The Morgan fingerprint density at radius 2 is 2.20 bits per heavy atom. The number of rotatable bonds is 6. The summed E-state index contributed by atoms with van der Waals surface area (Å²) in [6, 6.07) is 8.29. The van der Waals surface area contributed by atoms with Gasteiger partial charge >= 0.3 is 0 Å². The van der Waals surface area contributed by atoms with Crippen LogP contribution in [0.1, 0.15) is 17.4 Å². The highest BCUT2D eigenvalue weighted by Gasteiger charge is 2.17. The van der Waals surface area contributed by atoms with E-state index in [1.807, 2.05) is 16.7 Å². The van der Waals surface area contributed by atoms with E-state index in [4.69, 9.17) is 16.3 Å². The first-order valence-electron chi connectivity index (χ1n) is 6.38. The average Bonchev–Trinajstić information content (AvgIpc) is 2.91. The molecule has 1 unspecified atom stereocenters. The van der Waals surface area contributed by atoms with Crippen LogP contribution in [0.2, 0.25) is 0 Å². The lowest BCUT2D eigenvalue weighted by molar-refractivity contribution is 0.266. The molecular weight excluding hydrogens is 276 g/mol. The molecule has 0 saturated heterocycles. The molecule has 0 aliphatic carbocycles. The van der Waals surface area contributed by atoms with E-state index in [9.17, 15) is 0 Å². The van der Waals surface area contributed by atoms with Crippen molar-refractivity contribution >= 4 is 11.6 Å². The van der Waals surface area contributed by atoms with Gasteiger partial charge in [-0.25, -0.2) is 0 Å². The second-order valence-corrected chi connectivity index (χ2v) is 5.06. The molecule has 5 nitrogen and oxygen atoms in total. The standard InChI is InChI=1S/C14H19ClN4O/c1-18(2)13(9-19-10-16-17-14(19)8-15)11-5-4-6-12(7-11)20-3/h4-7,10,13H,8-9H2,1-3H3. The molecule has 20 heavy (non-hydrogen) atoms. The van der Waals surface area contributed by atoms with E-state index in [0.717, 1.165) is 18.1 Å². The molecule has 0 aliphatic rings. The van der Waals surface area contributed by atoms with Crippen LogP contribution in [-0.2, 0) is 12.4 Å². The van der Waals surface area contributed by atoms with Crippen molar-refractivity contribution < 1.29 is 4.74 Å². The third-order valence-electron chi connectivity index (χ3n) is 3.29. The van der Waals surface area contributed by atoms with Crippen molar-refractivity contribution in [1.29, 1.82) is 0 Å². The fourth-order valence-electron chi connectivity index (χ4n) is 2.14. The first-order valence-corrected chi connectivity index (χ1v) is 6.92. The summed E-state index contributed by atoms with van der Waals surface area (Å²) in [5.41, 5.74) is 1.18. The Labute approximate surface area is 124 Å². The van der Waals surface area contributed by atoms with Crippen LogP contribution < -0.4 is 4.74 Å². The zero-order valence-corrected chi connectivity index (χ0v) is 12.7. The molecule has 2 aromatic rings. The smallest absolute Gasteiger partial charge is 0.147 e. The van der Waals surface area contributed by atoms with Gasteiger partial charge in [0.2, 0.25) is 0 Å². The van der Waals surface area contributed by atoms with Crippen LogP contribution in [0, 0.1) is 0 Å². The van der Waals surface area contributed by atoms with Gasteiger partial charge in [-0.1, -0.05) is 12.1 Å².